The van der Waals surface area contributed by atoms with Gasteiger partial charge in [0.25, 0.3) is 0 Å². The Morgan fingerprint density at radius 2 is 2.00 bits per heavy atom. The van der Waals surface area contributed by atoms with Crippen LogP contribution in [0.5, 0.6) is 0 Å². The number of Topliss-reactive ketones (excluding diaryl/α,β-unsaturated/α-hetero) is 1. The van der Waals surface area contributed by atoms with E-state index in [1.807, 2.05) is 13.8 Å². The molecule has 0 rings (SSSR count). The molecule has 2 nitrogen and oxygen atoms in total. The summed E-state index contributed by atoms with van der Waals surface area (Å²) in [6.07, 6.45) is 2.71. The van der Waals surface area contributed by atoms with Crippen molar-refractivity contribution in [1.29, 1.82) is 0 Å². The molecular formula is C10H18O2. The highest BCUT2D eigenvalue weighted by atomic mass is 16.3. The van der Waals surface area contributed by atoms with Crippen molar-refractivity contribution in [2.45, 2.75) is 39.2 Å². The number of hydrogen-bond donors (Lipinski definition) is 1. The minimum Gasteiger partial charge on any atom is -0.385 e. The summed E-state index contributed by atoms with van der Waals surface area (Å²) >= 11 is 0. The highest BCUT2D eigenvalue weighted by Crippen LogP contribution is 2.14. The molecule has 0 aromatic rings. The number of rotatable bonds is 6. The van der Waals surface area contributed by atoms with Crippen molar-refractivity contribution in [2.24, 2.45) is 5.92 Å². The van der Waals surface area contributed by atoms with Gasteiger partial charge in [-0.05, 0) is 5.92 Å². The van der Waals surface area contributed by atoms with Crippen LogP contribution in [0.15, 0.2) is 12.7 Å². The topological polar surface area (TPSA) is 37.3 Å². The van der Waals surface area contributed by atoms with Gasteiger partial charge in [-0.3, -0.25) is 4.79 Å². The molecule has 0 fully saturated rings. The van der Waals surface area contributed by atoms with Crippen molar-refractivity contribution in [3.8, 4) is 0 Å². The summed E-state index contributed by atoms with van der Waals surface area (Å²) in [6, 6.07) is 0. The molecule has 70 valence electrons. The molecule has 0 bridgehead atoms. The number of ketones is 1. The van der Waals surface area contributed by atoms with Gasteiger partial charge in [-0.25, -0.2) is 0 Å². The van der Waals surface area contributed by atoms with Crippen molar-refractivity contribution in [1.82, 2.24) is 0 Å². The van der Waals surface area contributed by atoms with Crippen molar-refractivity contribution < 1.29 is 9.90 Å². The lowest BCUT2D eigenvalue weighted by Crippen LogP contribution is -2.28. The molecule has 0 radical (unpaired) electrons. The van der Waals surface area contributed by atoms with Gasteiger partial charge in [0.2, 0.25) is 0 Å². The third kappa shape index (κ3) is 3.18. The molecule has 0 amide bonds. The minimum atomic E-state index is -0.794. The highest BCUT2D eigenvalue weighted by molar-refractivity contribution is 5.84. The van der Waals surface area contributed by atoms with E-state index in [1.54, 1.807) is 0 Å². The second kappa shape index (κ2) is 5.95. The van der Waals surface area contributed by atoms with Gasteiger partial charge >= 0.3 is 0 Å². The van der Waals surface area contributed by atoms with Crippen molar-refractivity contribution in [2.75, 3.05) is 0 Å². The van der Waals surface area contributed by atoms with Crippen molar-refractivity contribution >= 4 is 5.78 Å². The molecule has 0 saturated carbocycles. The second-order valence-corrected chi connectivity index (χ2v) is 2.98. The maximum absolute atomic E-state index is 11.2. The molecule has 0 aliphatic heterocycles. The van der Waals surface area contributed by atoms with Crippen LogP contribution in [0.25, 0.3) is 0 Å². The summed E-state index contributed by atoms with van der Waals surface area (Å²) in [7, 11) is 0. The van der Waals surface area contributed by atoms with E-state index >= 15 is 0 Å². The molecule has 2 heteroatoms. The normalized spacial score (nSPS) is 13.0. The Bertz CT molecular complexity index is 148. The molecule has 0 aliphatic carbocycles. The van der Waals surface area contributed by atoms with Crippen LogP contribution in [0.2, 0.25) is 0 Å². The van der Waals surface area contributed by atoms with Crippen LogP contribution >= 0.6 is 0 Å². The average Bonchev–Trinajstić information content (AvgIpc) is 2.07. The van der Waals surface area contributed by atoms with E-state index in [4.69, 9.17) is 0 Å². The summed E-state index contributed by atoms with van der Waals surface area (Å²) in [5.74, 6) is -0.00356. The molecular weight excluding hydrogens is 152 g/mol. The van der Waals surface area contributed by atoms with Crippen LogP contribution in [-0.4, -0.2) is 17.0 Å². The lowest BCUT2D eigenvalue weighted by molar-refractivity contribution is -0.129. The first kappa shape index (κ1) is 11.4. The zero-order valence-corrected chi connectivity index (χ0v) is 7.92. The number of aliphatic hydroxyl groups excluding tert-OH is 1. The predicted molar refractivity (Wildman–Crippen MR) is 49.9 cm³/mol. The summed E-state index contributed by atoms with van der Waals surface area (Å²) in [6.45, 7) is 7.43. The molecule has 0 aromatic heterocycles. The van der Waals surface area contributed by atoms with Crippen LogP contribution in [0, 0.1) is 5.92 Å². The maximum atomic E-state index is 11.2. The molecule has 0 heterocycles. The zero-order valence-electron chi connectivity index (χ0n) is 7.92. The van der Waals surface area contributed by atoms with Gasteiger partial charge in [0.05, 0.1) is 0 Å². The third-order valence-electron chi connectivity index (χ3n) is 2.17. The third-order valence-corrected chi connectivity index (χ3v) is 2.17. The Balaban J connectivity index is 4.05. The summed E-state index contributed by atoms with van der Waals surface area (Å²) in [4.78, 5) is 11.2. The molecule has 0 saturated heterocycles. The number of carbonyl (C=O) groups is 1. The number of hydrogen-bond acceptors (Lipinski definition) is 2. The second-order valence-electron chi connectivity index (χ2n) is 2.98. The Hall–Kier alpha value is -0.630. The van der Waals surface area contributed by atoms with Gasteiger partial charge in [-0.1, -0.05) is 32.8 Å². The molecule has 12 heavy (non-hydrogen) atoms. The first-order valence-electron chi connectivity index (χ1n) is 4.49. The van der Waals surface area contributed by atoms with Crippen LogP contribution in [-0.2, 0) is 4.79 Å². The molecule has 0 aromatic carbocycles. The minimum absolute atomic E-state index is 0.109. The van der Waals surface area contributed by atoms with Gasteiger partial charge < -0.3 is 5.11 Å². The first-order valence-corrected chi connectivity index (χ1v) is 4.49. The SMILES string of the molecule is C=CCC(=O)C(O)C(CC)CC. The quantitative estimate of drug-likeness (QED) is 0.618. The van der Waals surface area contributed by atoms with Crippen molar-refractivity contribution in [3.63, 3.8) is 0 Å². The molecule has 1 atom stereocenters. The fourth-order valence-corrected chi connectivity index (χ4v) is 1.26. The molecule has 1 unspecified atom stereocenters. The Morgan fingerprint density at radius 3 is 2.33 bits per heavy atom. The van der Waals surface area contributed by atoms with Crippen LogP contribution < -0.4 is 0 Å². The predicted octanol–water partition coefficient (Wildman–Crippen LogP) is 1.93. The fourth-order valence-electron chi connectivity index (χ4n) is 1.26. The smallest absolute Gasteiger partial charge is 0.165 e. The number of carbonyl (C=O) groups excluding carboxylic acids is 1. The highest BCUT2D eigenvalue weighted by Gasteiger charge is 2.21. The van der Waals surface area contributed by atoms with E-state index in [9.17, 15) is 9.90 Å². The maximum Gasteiger partial charge on any atom is 0.165 e. The molecule has 1 N–H and O–H groups in total. The van der Waals surface area contributed by atoms with E-state index in [0.717, 1.165) is 12.8 Å². The standard InChI is InChI=1S/C10H18O2/c1-4-7-9(11)10(12)8(5-2)6-3/h4,8,10,12H,1,5-7H2,2-3H3. The van der Waals surface area contributed by atoms with Crippen molar-refractivity contribution in [3.05, 3.63) is 12.7 Å². The van der Waals surface area contributed by atoms with E-state index < -0.39 is 6.10 Å². The largest absolute Gasteiger partial charge is 0.385 e. The Kier molecular flexibility index (Phi) is 5.64. The van der Waals surface area contributed by atoms with Gasteiger partial charge in [0.1, 0.15) is 6.10 Å². The van der Waals surface area contributed by atoms with Gasteiger partial charge in [-0.2, -0.15) is 0 Å². The first-order chi connectivity index (χ1) is 5.67. The van der Waals surface area contributed by atoms with Crippen LogP contribution in [0.1, 0.15) is 33.1 Å². The van der Waals surface area contributed by atoms with Gasteiger partial charge in [0.15, 0.2) is 5.78 Å². The molecule has 0 spiro atoms. The lowest BCUT2D eigenvalue weighted by atomic mass is 9.93. The molecule has 0 aliphatic rings. The van der Waals surface area contributed by atoms with Gasteiger partial charge in [-0.15, -0.1) is 6.58 Å². The number of aliphatic hydroxyl groups is 1. The Morgan fingerprint density at radius 1 is 1.50 bits per heavy atom. The fraction of sp³-hybridized carbons (Fsp3) is 0.700. The summed E-state index contributed by atoms with van der Waals surface area (Å²) < 4.78 is 0. The van der Waals surface area contributed by atoms with E-state index in [1.165, 1.54) is 6.08 Å². The van der Waals surface area contributed by atoms with E-state index in [2.05, 4.69) is 6.58 Å². The summed E-state index contributed by atoms with van der Waals surface area (Å²) in [5, 5.41) is 9.51. The van der Waals surface area contributed by atoms with E-state index in [0.29, 0.717) is 0 Å². The zero-order chi connectivity index (χ0) is 9.56. The summed E-state index contributed by atoms with van der Waals surface area (Å²) in [5.41, 5.74) is 0. The average molecular weight is 170 g/mol. The van der Waals surface area contributed by atoms with Gasteiger partial charge in [0, 0.05) is 6.42 Å². The van der Waals surface area contributed by atoms with E-state index in [-0.39, 0.29) is 18.1 Å². The Labute approximate surface area is 74.3 Å². The lowest BCUT2D eigenvalue weighted by Gasteiger charge is -2.17. The monoisotopic (exact) mass is 170 g/mol. The van der Waals surface area contributed by atoms with Crippen LogP contribution in [0.3, 0.4) is 0 Å². The number of allylic oxidation sites excluding steroid dienone is 1. The van der Waals surface area contributed by atoms with Crippen LogP contribution in [0.4, 0.5) is 0 Å².